The molecule has 0 bridgehead atoms. The lowest BCUT2D eigenvalue weighted by Gasteiger charge is -2.30. The second kappa shape index (κ2) is 9.98. The number of urea groups is 1. The van der Waals surface area contributed by atoms with Crippen LogP contribution in [0.1, 0.15) is 31.2 Å². The van der Waals surface area contributed by atoms with Crippen molar-refractivity contribution in [3.8, 4) is 5.75 Å². The molecule has 2 amide bonds. The fourth-order valence-electron chi connectivity index (χ4n) is 4.44. The number of aryl methyl sites for hydroxylation is 1. The number of hydrogen-bond acceptors (Lipinski definition) is 5. The van der Waals surface area contributed by atoms with Crippen LogP contribution in [0.15, 0.2) is 48.5 Å². The molecule has 1 aliphatic carbocycles. The number of anilines is 3. The quantitative estimate of drug-likeness (QED) is 0.486. The fraction of sp³-hybridized carbons (Fsp3) is 0.385. The number of nitrogens with one attached hydrogen (secondary N) is 3. The standard InChI is InChI=1S/C26H33N5O2/c1-17-15-20(33-4)13-14-22(17)30-26(32)28-19-11-9-18(10-12-19)27-25-16-24(31(2)3)21-7-5-6-8-23(21)29-25/h5-8,13-16,18-19H,9-12H2,1-4H3,(H,27,29)(H2,28,30,32)/t18-,19+. The number of ether oxygens (including phenoxy) is 1. The smallest absolute Gasteiger partial charge is 0.319 e. The number of nitrogens with zero attached hydrogens (tertiary/aromatic N) is 2. The van der Waals surface area contributed by atoms with E-state index in [1.54, 1.807) is 7.11 Å². The summed E-state index contributed by atoms with van der Waals surface area (Å²) in [5.41, 5.74) is 3.91. The van der Waals surface area contributed by atoms with Gasteiger partial charge in [-0.2, -0.15) is 0 Å². The Balaban J connectivity index is 1.32. The largest absolute Gasteiger partial charge is 0.497 e. The van der Waals surface area contributed by atoms with Crippen molar-refractivity contribution in [3.63, 3.8) is 0 Å². The number of pyridine rings is 1. The average molecular weight is 448 g/mol. The molecule has 7 nitrogen and oxygen atoms in total. The Morgan fingerprint density at radius 1 is 1.03 bits per heavy atom. The highest BCUT2D eigenvalue weighted by atomic mass is 16.5. The van der Waals surface area contributed by atoms with Crippen molar-refractivity contribution in [2.75, 3.05) is 36.7 Å². The van der Waals surface area contributed by atoms with Crippen LogP contribution in [0.4, 0.5) is 22.0 Å². The molecule has 174 valence electrons. The molecule has 0 aliphatic heterocycles. The summed E-state index contributed by atoms with van der Waals surface area (Å²) in [6, 6.07) is 16.3. The lowest BCUT2D eigenvalue weighted by molar-refractivity contribution is 0.243. The lowest BCUT2D eigenvalue weighted by Crippen LogP contribution is -2.42. The van der Waals surface area contributed by atoms with Crippen LogP contribution in [0.25, 0.3) is 10.9 Å². The first kappa shape index (κ1) is 22.7. The van der Waals surface area contributed by atoms with Crippen LogP contribution < -0.4 is 25.6 Å². The molecule has 0 unspecified atom stereocenters. The van der Waals surface area contributed by atoms with E-state index in [1.807, 2.05) is 37.3 Å². The highest BCUT2D eigenvalue weighted by Gasteiger charge is 2.23. The van der Waals surface area contributed by atoms with Gasteiger partial charge in [-0.05, 0) is 62.4 Å². The van der Waals surface area contributed by atoms with Crippen molar-refractivity contribution in [2.24, 2.45) is 0 Å². The SMILES string of the molecule is COc1ccc(NC(=O)N[C@H]2CC[C@@H](Nc3cc(N(C)C)c4ccccc4n3)CC2)c(C)c1. The van der Waals surface area contributed by atoms with Crippen LogP contribution in [-0.2, 0) is 0 Å². The highest BCUT2D eigenvalue weighted by molar-refractivity contribution is 5.93. The average Bonchev–Trinajstić information content (AvgIpc) is 2.81. The molecule has 1 fully saturated rings. The highest BCUT2D eigenvalue weighted by Crippen LogP contribution is 2.29. The van der Waals surface area contributed by atoms with Gasteiger partial charge in [-0.15, -0.1) is 0 Å². The Hall–Kier alpha value is -3.48. The first-order valence-corrected chi connectivity index (χ1v) is 11.5. The normalized spacial score (nSPS) is 17.9. The summed E-state index contributed by atoms with van der Waals surface area (Å²) in [6.07, 6.45) is 3.83. The predicted octanol–water partition coefficient (Wildman–Crippen LogP) is 5.16. The van der Waals surface area contributed by atoms with E-state index in [0.29, 0.717) is 6.04 Å². The molecule has 3 aromatic rings. The van der Waals surface area contributed by atoms with Crippen molar-refractivity contribution in [1.29, 1.82) is 0 Å². The van der Waals surface area contributed by atoms with Crippen molar-refractivity contribution < 1.29 is 9.53 Å². The van der Waals surface area contributed by atoms with Gasteiger partial charge in [0.15, 0.2) is 0 Å². The number of carbonyl (C=O) groups is 1. The van der Waals surface area contributed by atoms with Crippen LogP contribution in [0.3, 0.4) is 0 Å². The molecule has 33 heavy (non-hydrogen) atoms. The van der Waals surface area contributed by atoms with Gasteiger partial charge in [-0.3, -0.25) is 0 Å². The van der Waals surface area contributed by atoms with Crippen LogP contribution in [-0.4, -0.2) is 44.3 Å². The van der Waals surface area contributed by atoms with E-state index in [4.69, 9.17) is 9.72 Å². The number of rotatable bonds is 6. The zero-order valence-corrected chi connectivity index (χ0v) is 19.8. The maximum absolute atomic E-state index is 12.5. The van der Waals surface area contributed by atoms with Crippen molar-refractivity contribution >= 4 is 34.1 Å². The first-order chi connectivity index (χ1) is 15.9. The maximum Gasteiger partial charge on any atom is 0.319 e. The summed E-state index contributed by atoms with van der Waals surface area (Å²) >= 11 is 0. The summed E-state index contributed by atoms with van der Waals surface area (Å²) in [6.45, 7) is 1.96. The maximum atomic E-state index is 12.5. The van der Waals surface area contributed by atoms with Crippen molar-refractivity contribution in [3.05, 3.63) is 54.1 Å². The van der Waals surface area contributed by atoms with E-state index in [-0.39, 0.29) is 12.1 Å². The molecule has 1 aromatic heterocycles. The summed E-state index contributed by atoms with van der Waals surface area (Å²) < 4.78 is 5.23. The molecule has 0 atom stereocenters. The number of methoxy groups -OCH3 is 1. The molecule has 1 aliphatic rings. The number of para-hydroxylation sites is 1. The Morgan fingerprint density at radius 3 is 2.45 bits per heavy atom. The Morgan fingerprint density at radius 2 is 1.76 bits per heavy atom. The summed E-state index contributed by atoms with van der Waals surface area (Å²) in [4.78, 5) is 19.4. The first-order valence-electron chi connectivity index (χ1n) is 11.5. The van der Waals surface area contributed by atoms with Crippen LogP contribution in [0.5, 0.6) is 5.75 Å². The van der Waals surface area contributed by atoms with Gasteiger partial charge in [-0.1, -0.05) is 18.2 Å². The monoisotopic (exact) mass is 447 g/mol. The predicted molar refractivity (Wildman–Crippen MR) is 136 cm³/mol. The lowest BCUT2D eigenvalue weighted by atomic mass is 9.91. The zero-order valence-electron chi connectivity index (χ0n) is 19.8. The molecule has 7 heteroatoms. The van der Waals surface area contributed by atoms with Gasteiger partial charge >= 0.3 is 6.03 Å². The van der Waals surface area contributed by atoms with E-state index in [2.05, 4.69) is 53.1 Å². The number of benzene rings is 2. The third kappa shape index (κ3) is 5.48. The molecular weight excluding hydrogens is 414 g/mol. The summed E-state index contributed by atoms with van der Waals surface area (Å²) in [5.74, 6) is 1.68. The van der Waals surface area contributed by atoms with Crippen LogP contribution in [0.2, 0.25) is 0 Å². The number of aromatic nitrogens is 1. The molecule has 2 aromatic carbocycles. The minimum atomic E-state index is -0.161. The Labute approximate surface area is 195 Å². The van der Waals surface area contributed by atoms with Gasteiger partial charge in [0.25, 0.3) is 0 Å². The van der Waals surface area contributed by atoms with Gasteiger partial charge in [0, 0.05) is 49.0 Å². The van der Waals surface area contributed by atoms with Crippen LogP contribution >= 0.6 is 0 Å². The molecule has 4 rings (SSSR count). The van der Waals surface area contributed by atoms with Crippen LogP contribution in [0, 0.1) is 6.92 Å². The van der Waals surface area contributed by atoms with Crippen molar-refractivity contribution in [1.82, 2.24) is 10.3 Å². The Bertz CT molecular complexity index is 1120. The van der Waals surface area contributed by atoms with E-state index in [0.717, 1.165) is 65.1 Å². The minimum absolute atomic E-state index is 0.161. The van der Waals surface area contributed by atoms with Gasteiger partial charge < -0.3 is 25.6 Å². The molecule has 1 saturated carbocycles. The number of fused-ring (bicyclic) bond motifs is 1. The molecule has 3 N–H and O–H groups in total. The number of carbonyl (C=O) groups excluding carboxylic acids is 1. The van der Waals surface area contributed by atoms with Gasteiger partial charge in [0.05, 0.1) is 12.6 Å². The third-order valence-corrected chi connectivity index (χ3v) is 6.27. The molecule has 0 radical (unpaired) electrons. The topological polar surface area (TPSA) is 78.5 Å². The van der Waals surface area contributed by atoms with Gasteiger partial charge in [0.2, 0.25) is 0 Å². The van der Waals surface area contributed by atoms with Gasteiger partial charge in [0.1, 0.15) is 11.6 Å². The second-order valence-electron chi connectivity index (χ2n) is 8.91. The van der Waals surface area contributed by atoms with E-state index < -0.39 is 0 Å². The fourth-order valence-corrected chi connectivity index (χ4v) is 4.44. The number of hydrogen-bond donors (Lipinski definition) is 3. The zero-order chi connectivity index (χ0) is 23.4. The summed E-state index contributed by atoms with van der Waals surface area (Å²) in [5, 5.41) is 10.9. The minimum Gasteiger partial charge on any atom is -0.497 e. The van der Waals surface area contributed by atoms with Crippen molar-refractivity contribution in [2.45, 2.75) is 44.7 Å². The second-order valence-corrected chi connectivity index (χ2v) is 8.91. The molecular formula is C26H33N5O2. The van der Waals surface area contributed by atoms with E-state index in [1.165, 1.54) is 0 Å². The van der Waals surface area contributed by atoms with E-state index >= 15 is 0 Å². The van der Waals surface area contributed by atoms with E-state index in [9.17, 15) is 4.79 Å². The molecule has 0 spiro atoms. The molecule has 1 heterocycles. The third-order valence-electron chi connectivity index (χ3n) is 6.27. The molecule has 0 saturated heterocycles. The summed E-state index contributed by atoms with van der Waals surface area (Å²) in [7, 11) is 5.75. The number of amides is 2. The Kier molecular flexibility index (Phi) is 6.87. The van der Waals surface area contributed by atoms with Gasteiger partial charge in [-0.25, -0.2) is 9.78 Å².